The first-order valence-electron chi connectivity index (χ1n) is 7.83. The number of hydrogen-bond donors (Lipinski definition) is 0. The number of aryl methyl sites for hydroxylation is 1. The van der Waals surface area contributed by atoms with Gasteiger partial charge in [0.05, 0.1) is 0 Å². The zero-order chi connectivity index (χ0) is 16.6. The summed E-state index contributed by atoms with van der Waals surface area (Å²) in [5.74, 6) is 6.05. The lowest BCUT2D eigenvalue weighted by Crippen LogP contribution is -2.27. The van der Waals surface area contributed by atoms with E-state index in [0.29, 0.717) is 17.5 Å². The molecule has 0 aliphatic heterocycles. The maximum Gasteiger partial charge on any atom is 0.163 e. The molecule has 0 spiro atoms. The minimum Gasteiger partial charge on any atom is -0.294 e. The molecule has 1 nitrogen and oxygen atoms in total. The fourth-order valence-corrected chi connectivity index (χ4v) is 2.94. The molecule has 0 aromatic heterocycles. The third-order valence-electron chi connectivity index (χ3n) is 4.55. The minimum absolute atomic E-state index is 0.0170. The summed E-state index contributed by atoms with van der Waals surface area (Å²) in [6.07, 6.45) is 1.46. The van der Waals surface area contributed by atoms with Crippen LogP contribution in [-0.4, -0.2) is 5.78 Å². The van der Waals surface area contributed by atoms with Gasteiger partial charge in [0.25, 0.3) is 0 Å². The molecule has 1 aliphatic carbocycles. The monoisotopic (exact) mass is 306 g/mol. The standard InChI is InChI=1S/C21H19FO/c1-14-4-5-16(13-19(14)22)7-6-15-8-9-17-18(12-15)21(2,3)11-10-20(17)23/h4-5,8-9,12-13H,10-11H2,1-3H3. The van der Waals surface area contributed by atoms with E-state index in [9.17, 15) is 9.18 Å². The highest BCUT2D eigenvalue weighted by Gasteiger charge is 2.31. The lowest BCUT2D eigenvalue weighted by atomic mass is 9.72. The highest BCUT2D eigenvalue weighted by atomic mass is 19.1. The average molecular weight is 306 g/mol. The Kier molecular flexibility index (Phi) is 3.82. The molecule has 2 heteroatoms. The Morgan fingerprint density at radius 1 is 1.04 bits per heavy atom. The average Bonchev–Trinajstić information content (AvgIpc) is 2.52. The lowest BCUT2D eigenvalue weighted by molar-refractivity contribution is 0.0957. The molecule has 0 unspecified atom stereocenters. The Bertz CT molecular complexity index is 850. The van der Waals surface area contributed by atoms with Crippen LogP contribution in [0.25, 0.3) is 0 Å². The summed E-state index contributed by atoms with van der Waals surface area (Å²) in [7, 11) is 0. The molecular formula is C21H19FO. The van der Waals surface area contributed by atoms with Crippen LogP contribution < -0.4 is 0 Å². The third kappa shape index (κ3) is 3.05. The zero-order valence-corrected chi connectivity index (χ0v) is 13.7. The van der Waals surface area contributed by atoms with Gasteiger partial charge < -0.3 is 0 Å². The molecule has 0 bridgehead atoms. The molecule has 0 saturated heterocycles. The van der Waals surface area contributed by atoms with Gasteiger partial charge in [-0.2, -0.15) is 0 Å². The molecule has 3 rings (SSSR count). The summed E-state index contributed by atoms with van der Waals surface area (Å²) in [6, 6.07) is 10.7. The second-order valence-electron chi connectivity index (χ2n) is 6.78. The van der Waals surface area contributed by atoms with Crippen molar-refractivity contribution in [1.29, 1.82) is 0 Å². The van der Waals surface area contributed by atoms with Crippen LogP contribution in [0.5, 0.6) is 0 Å². The summed E-state index contributed by atoms with van der Waals surface area (Å²) in [5.41, 5.74) is 3.98. The Labute approximate surface area is 136 Å². The first-order valence-corrected chi connectivity index (χ1v) is 7.83. The molecular weight excluding hydrogens is 287 g/mol. The SMILES string of the molecule is Cc1ccc(C#Cc2ccc3c(c2)C(C)(C)CCC3=O)cc1F. The Morgan fingerprint density at radius 3 is 2.39 bits per heavy atom. The van der Waals surface area contributed by atoms with Crippen molar-refractivity contribution in [3.63, 3.8) is 0 Å². The minimum atomic E-state index is -0.242. The van der Waals surface area contributed by atoms with Gasteiger partial charge in [0.1, 0.15) is 5.82 Å². The number of benzene rings is 2. The van der Waals surface area contributed by atoms with Crippen molar-refractivity contribution in [3.8, 4) is 11.8 Å². The maximum absolute atomic E-state index is 13.6. The first kappa shape index (κ1) is 15.5. The second-order valence-corrected chi connectivity index (χ2v) is 6.78. The summed E-state index contributed by atoms with van der Waals surface area (Å²) < 4.78 is 13.6. The summed E-state index contributed by atoms with van der Waals surface area (Å²) >= 11 is 0. The van der Waals surface area contributed by atoms with Gasteiger partial charge in [-0.15, -0.1) is 0 Å². The number of fused-ring (bicyclic) bond motifs is 1. The van der Waals surface area contributed by atoms with Gasteiger partial charge in [-0.1, -0.05) is 31.8 Å². The molecule has 0 atom stereocenters. The molecule has 0 saturated carbocycles. The van der Waals surface area contributed by atoms with Crippen LogP contribution in [0, 0.1) is 24.6 Å². The predicted octanol–water partition coefficient (Wildman–Crippen LogP) is 4.79. The topological polar surface area (TPSA) is 17.1 Å². The number of carbonyl (C=O) groups is 1. The molecule has 0 heterocycles. The van der Waals surface area contributed by atoms with Crippen LogP contribution in [0.3, 0.4) is 0 Å². The van der Waals surface area contributed by atoms with E-state index >= 15 is 0 Å². The summed E-state index contributed by atoms with van der Waals surface area (Å²) in [6.45, 7) is 6.05. The van der Waals surface area contributed by atoms with Gasteiger partial charge in [-0.05, 0) is 60.2 Å². The molecule has 116 valence electrons. The van der Waals surface area contributed by atoms with E-state index in [0.717, 1.165) is 23.1 Å². The van der Waals surface area contributed by atoms with Crippen LogP contribution in [0.4, 0.5) is 4.39 Å². The highest BCUT2D eigenvalue weighted by Crippen LogP contribution is 2.36. The zero-order valence-electron chi connectivity index (χ0n) is 13.7. The van der Waals surface area contributed by atoms with Gasteiger partial charge in [0.15, 0.2) is 5.78 Å². The number of halogens is 1. The van der Waals surface area contributed by atoms with E-state index < -0.39 is 0 Å². The van der Waals surface area contributed by atoms with Crippen molar-refractivity contribution in [2.24, 2.45) is 0 Å². The molecule has 2 aromatic rings. The molecule has 0 N–H and O–H groups in total. The number of carbonyl (C=O) groups excluding carboxylic acids is 1. The van der Waals surface area contributed by atoms with Gasteiger partial charge in [-0.25, -0.2) is 4.39 Å². The highest BCUT2D eigenvalue weighted by molar-refractivity contribution is 5.99. The fraction of sp³-hybridized carbons (Fsp3) is 0.286. The largest absolute Gasteiger partial charge is 0.294 e. The predicted molar refractivity (Wildman–Crippen MR) is 90.1 cm³/mol. The maximum atomic E-state index is 13.6. The van der Waals surface area contributed by atoms with Crippen molar-refractivity contribution >= 4 is 5.78 Å². The first-order chi connectivity index (χ1) is 10.9. The van der Waals surface area contributed by atoms with Gasteiger partial charge in [0, 0.05) is 23.1 Å². The molecule has 0 fully saturated rings. The van der Waals surface area contributed by atoms with Crippen LogP contribution in [-0.2, 0) is 5.41 Å². The quantitative estimate of drug-likeness (QED) is 0.640. The van der Waals surface area contributed by atoms with Gasteiger partial charge in [0.2, 0.25) is 0 Å². The van der Waals surface area contributed by atoms with Crippen molar-refractivity contribution in [3.05, 3.63) is 70.0 Å². The van der Waals surface area contributed by atoms with E-state index in [4.69, 9.17) is 0 Å². The summed E-state index contributed by atoms with van der Waals surface area (Å²) in [5, 5.41) is 0. The van der Waals surface area contributed by atoms with Crippen LogP contribution in [0.2, 0.25) is 0 Å². The smallest absolute Gasteiger partial charge is 0.163 e. The number of rotatable bonds is 0. The molecule has 0 amide bonds. The summed E-state index contributed by atoms with van der Waals surface area (Å²) in [4.78, 5) is 12.1. The Hall–Kier alpha value is -2.40. The van der Waals surface area contributed by atoms with Gasteiger partial charge >= 0.3 is 0 Å². The number of hydrogen-bond acceptors (Lipinski definition) is 1. The lowest BCUT2D eigenvalue weighted by Gasteiger charge is -2.31. The molecule has 2 aromatic carbocycles. The van der Waals surface area contributed by atoms with Crippen molar-refractivity contribution in [2.75, 3.05) is 0 Å². The normalized spacial score (nSPS) is 15.6. The molecule has 0 radical (unpaired) electrons. The number of Topliss-reactive ketones (excluding diaryl/α,β-unsaturated/α-hetero) is 1. The fourth-order valence-electron chi connectivity index (χ4n) is 2.94. The Morgan fingerprint density at radius 2 is 1.70 bits per heavy atom. The van der Waals surface area contributed by atoms with E-state index in [-0.39, 0.29) is 17.0 Å². The van der Waals surface area contributed by atoms with E-state index in [1.807, 2.05) is 24.3 Å². The third-order valence-corrected chi connectivity index (χ3v) is 4.55. The van der Waals surface area contributed by atoms with E-state index in [1.54, 1.807) is 13.0 Å². The van der Waals surface area contributed by atoms with Crippen LogP contribution in [0.1, 0.15) is 59.3 Å². The number of ketones is 1. The van der Waals surface area contributed by atoms with Crippen molar-refractivity contribution < 1.29 is 9.18 Å². The van der Waals surface area contributed by atoms with Crippen molar-refractivity contribution in [2.45, 2.75) is 39.0 Å². The van der Waals surface area contributed by atoms with Crippen LogP contribution in [0.15, 0.2) is 36.4 Å². The van der Waals surface area contributed by atoms with E-state index in [1.165, 1.54) is 6.07 Å². The van der Waals surface area contributed by atoms with Crippen molar-refractivity contribution in [1.82, 2.24) is 0 Å². The Balaban J connectivity index is 1.98. The van der Waals surface area contributed by atoms with Gasteiger partial charge in [-0.3, -0.25) is 4.79 Å². The van der Waals surface area contributed by atoms with Crippen LogP contribution >= 0.6 is 0 Å². The second kappa shape index (κ2) is 5.66. The van der Waals surface area contributed by atoms with E-state index in [2.05, 4.69) is 25.7 Å². The molecule has 23 heavy (non-hydrogen) atoms. The molecule has 1 aliphatic rings.